The standard InChI is InChI=1S/C19H19FN4O4S2/c1-12-17(13(2)28-22-12)30(26,27)24-9-7-23(8-10-24)19(25)16-11-21-18(29-16)14-5-3-4-6-15(14)20/h3-6,11H,7-10H2,1-2H3. The molecule has 1 aromatic carbocycles. The second-order valence-electron chi connectivity index (χ2n) is 6.86. The lowest BCUT2D eigenvalue weighted by Gasteiger charge is -2.33. The lowest BCUT2D eigenvalue weighted by atomic mass is 10.2. The van der Waals surface area contributed by atoms with Gasteiger partial charge in [0.15, 0.2) is 5.76 Å². The van der Waals surface area contributed by atoms with E-state index < -0.39 is 15.8 Å². The first-order valence-corrected chi connectivity index (χ1v) is 11.5. The van der Waals surface area contributed by atoms with Crippen LogP contribution in [-0.4, -0.2) is 59.8 Å². The number of hydrogen-bond acceptors (Lipinski definition) is 7. The molecule has 2 aromatic heterocycles. The zero-order chi connectivity index (χ0) is 21.5. The Labute approximate surface area is 177 Å². The number of sulfonamides is 1. The molecule has 0 spiro atoms. The maximum atomic E-state index is 14.0. The maximum Gasteiger partial charge on any atom is 0.265 e. The van der Waals surface area contributed by atoms with Gasteiger partial charge < -0.3 is 9.42 Å². The number of aryl methyl sites for hydroxylation is 2. The van der Waals surface area contributed by atoms with E-state index in [2.05, 4.69) is 10.1 Å². The Morgan fingerprint density at radius 2 is 1.87 bits per heavy atom. The molecular formula is C19H19FN4O4S2. The van der Waals surface area contributed by atoms with Gasteiger partial charge in [-0.25, -0.2) is 17.8 Å². The van der Waals surface area contributed by atoms with Crippen LogP contribution in [0.3, 0.4) is 0 Å². The van der Waals surface area contributed by atoms with Crippen molar-refractivity contribution >= 4 is 27.3 Å². The quantitative estimate of drug-likeness (QED) is 0.606. The topological polar surface area (TPSA) is 96.6 Å². The fourth-order valence-electron chi connectivity index (χ4n) is 3.39. The molecule has 1 aliphatic heterocycles. The van der Waals surface area contributed by atoms with E-state index in [1.165, 1.54) is 16.6 Å². The van der Waals surface area contributed by atoms with Crippen LogP contribution in [0.15, 0.2) is 39.9 Å². The predicted molar refractivity (Wildman–Crippen MR) is 108 cm³/mol. The summed E-state index contributed by atoms with van der Waals surface area (Å²) < 4.78 is 46.1. The van der Waals surface area contributed by atoms with Gasteiger partial charge in [-0.05, 0) is 26.0 Å². The summed E-state index contributed by atoms with van der Waals surface area (Å²) >= 11 is 1.12. The third-order valence-electron chi connectivity index (χ3n) is 4.91. The molecule has 0 bridgehead atoms. The average molecular weight is 451 g/mol. The van der Waals surface area contributed by atoms with Gasteiger partial charge in [0.05, 0.1) is 6.20 Å². The van der Waals surface area contributed by atoms with Crippen molar-refractivity contribution < 1.29 is 22.1 Å². The van der Waals surface area contributed by atoms with Crippen LogP contribution in [0.1, 0.15) is 21.1 Å². The summed E-state index contributed by atoms with van der Waals surface area (Å²) in [6.07, 6.45) is 1.43. The Kier molecular flexibility index (Phi) is 5.43. The molecule has 0 unspecified atom stereocenters. The van der Waals surface area contributed by atoms with E-state index in [9.17, 15) is 17.6 Å². The van der Waals surface area contributed by atoms with E-state index in [0.717, 1.165) is 11.3 Å². The average Bonchev–Trinajstić information content (AvgIpc) is 3.35. The Morgan fingerprint density at radius 1 is 1.17 bits per heavy atom. The molecule has 4 rings (SSSR count). The second-order valence-corrected chi connectivity index (χ2v) is 9.76. The summed E-state index contributed by atoms with van der Waals surface area (Å²) in [5.74, 6) is -0.398. The highest BCUT2D eigenvalue weighted by Crippen LogP contribution is 2.29. The lowest BCUT2D eigenvalue weighted by Crippen LogP contribution is -2.50. The lowest BCUT2D eigenvalue weighted by molar-refractivity contribution is 0.0702. The highest BCUT2D eigenvalue weighted by molar-refractivity contribution is 7.89. The van der Waals surface area contributed by atoms with Gasteiger partial charge in [-0.1, -0.05) is 17.3 Å². The van der Waals surface area contributed by atoms with Crippen LogP contribution in [0.5, 0.6) is 0 Å². The molecule has 0 atom stereocenters. The molecule has 3 aromatic rings. The van der Waals surface area contributed by atoms with Gasteiger partial charge >= 0.3 is 0 Å². The van der Waals surface area contributed by atoms with Crippen LogP contribution in [0.25, 0.3) is 10.6 Å². The number of hydrogen-bond donors (Lipinski definition) is 0. The minimum absolute atomic E-state index is 0.0827. The maximum absolute atomic E-state index is 14.0. The largest absolute Gasteiger partial charge is 0.360 e. The van der Waals surface area contributed by atoms with Crippen molar-refractivity contribution in [1.82, 2.24) is 19.3 Å². The summed E-state index contributed by atoms with van der Waals surface area (Å²) in [5.41, 5.74) is 0.660. The Morgan fingerprint density at radius 3 is 2.50 bits per heavy atom. The molecule has 11 heteroatoms. The van der Waals surface area contributed by atoms with Crippen molar-refractivity contribution in [2.24, 2.45) is 0 Å². The highest BCUT2D eigenvalue weighted by atomic mass is 32.2. The van der Waals surface area contributed by atoms with Crippen molar-refractivity contribution in [3.05, 3.63) is 52.6 Å². The number of nitrogens with zero attached hydrogens (tertiary/aromatic N) is 4. The second kappa shape index (κ2) is 7.89. The van der Waals surface area contributed by atoms with Gasteiger partial charge in [0.1, 0.15) is 26.3 Å². The highest BCUT2D eigenvalue weighted by Gasteiger charge is 2.34. The number of halogens is 1. The van der Waals surface area contributed by atoms with Crippen molar-refractivity contribution in [1.29, 1.82) is 0 Å². The minimum atomic E-state index is -3.74. The predicted octanol–water partition coefficient (Wildman–Crippen LogP) is 2.70. The number of rotatable bonds is 4. The summed E-state index contributed by atoms with van der Waals surface area (Å²) in [6, 6.07) is 6.26. The molecule has 3 heterocycles. The van der Waals surface area contributed by atoms with Crippen LogP contribution in [0.2, 0.25) is 0 Å². The molecule has 30 heavy (non-hydrogen) atoms. The van der Waals surface area contributed by atoms with Gasteiger partial charge in [-0.3, -0.25) is 4.79 Å². The molecule has 0 saturated carbocycles. The van der Waals surface area contributed by atoms with Gasteiger partial charge in [-0.2, -0.15) is 4.31 Å². The van der Waals surface area contributed by atoms with Gasteiger partial charge in [0.2, 0.25) is 10.0 Å². The molecule has 158 valence electrons. The molecule has 0 aliphatic carbocycles. The zero-order valence-electron chi connectivity index (χ0n) is 16.3. The van der Waals surface area contributed by atoms with Gasteiger partial charge in [-0.15, -0.1) is 11.3 Å². The molecule has 1 fully saturated rings. The number of benzene rings is 1. The third kappa shape index (κ3) is 3.64. The fraction of sp³-hybridized carbons (Fsp3) is 0.316. The van der Waals surface area contributed by atoms with Crippen molar-refractivity contribution in [2.75, 3.05) is 26.2 Å². The normalized spacial score (nSPS) is 15.5. The van der Waals surface area contributed by atoms with E-state index in [1.54, 1.807) is 36.9 Å². The summed E-state index contributed by atoms with van der Waals surface area (Å²) in [5, 5.41) is 4.14. The van der Waals surface area contributed by atoms with Crippen LogP contribution in [0, 0.1) is 19.7 Å². The van der Waals surface area contributed by atoms with E-state index >= 15 is 0 Å². The number of carbonyl (C=O) groups excluding carboxylic acids is 1. The first-order valence-electron chi connectivity index (χ1n) is 9.22. The van der Waals surface area contributed by atoms with Crippen LogP contribution in [-0.2, 0) is 10.0 Å². The molecule has 0 radical (unpaired) electrons. The van der Waals surface area contributed by atoms with Crippen molar-refractivity contribution in [2.45, 2.75) is 18.7 Å². The van der Waals surface area contributed by atoms with Crippen LogP contribution in [0.4, 0.5) is 4.39 Å². The van der Waals surface area contributed by atoms with Crippen LogP contribution < -0.4 is 0 Å². The molecular weight excluding hydrogens is 431 g/mol. The third-order valence-corrected chi connectivity index (χ3v) is 8.07. The first-order chi connectivity index (χ1) is 14.3. The Balaban J connectivity index is 1.46. The van der Waals surface area contributed by atoms with Crippen molar-refractivity contribution in [3.8, 4) is 10.6 Å². The smallest absolute Gasteiger partial charge is 0.265 e. The Bertz CT molecular complexity index is 1180. The summed E-state index contributed by atoms with van der Waals surface area (Å²) in [4.78, 5) is 19.1. The Hall–Kier alpha value is -2.63. The molecule has 1 saturated heterocycles. The first kappa shape index (κ1) is 20.6. The summed E-state index contributed by atoms with van der Waals surface area (Å²) in [7, 11) is -3.74. The number of thiazole rings is 1. The number of aromatic nitrogens is 2. The number of piperazine rings is 1. The fourth-order valence-corrected chi connectivity index (χ4v) is 6.02. The SMILES string of the molecule is Cc1noc(C)c1S(=O)(=O)N1CCN(C(=O)c2cnc(-c3ccccc3F)s2)CC1. The molecule has 0 N–H and O–H groups in total. The van der Waals surface area contributed by atoms with Gasteiger partial charge in [0, 0.05) is 31.7 Å². The van der Waals surface area contributed by atoms with Crippen molar-refractivity contribution in [3.63, 3.8) is 0 Å². The monoisotopic (exact) mass is 450 g/mol. The molecule has 1 amide bonds. The van der Waals surface area contributed by atoms with E-state index in [0.29, 0.717) is 21.1 Å². The molecule has 1 aliphatic rings. The van der Waals surface area contributed by atoms with E-state index in [-0.39, 0.29) is 42.7 Å². The number of carbonyl (C=O) groups is 1. The number of amides is 1. The van der Waals surface area contributed by atoms with Crippen LogP contribution >= 0.6 is 11.3 Å². The zero-order valence-corrected chi connectivity index (χ0v) is 18.0. The van der Waals surface area contributed by atoms with E-state index in [1.807, 2.05) is 0 Å². The minimum Gasteiger partial charge on any atom is -0.360 e. The molecule has 8 nitrogen and oxygen atoms in total. The van der Waals surface area contributed by atoms with E-state index in [4.69, 9.17) is 4.52 Å². The summed E-state index contributed by atoms with van der Waals surface area (Å²) in [6.45, 7) is 3.96. The van der Waals surface area contributed by atoms with Gasteiger partial charge in [0.25, 0.3) is 5.91 Å².